The van der Waals surface area contributed by atoms with Crippen molar-refractivity contribution in [2.24, 2.45) is 11.0 Å². The third-order valence-corrected chi connectivity index (χ3v) is 4.32. The number of rotatable bonds is 12. The molecule has 0 bridgehead atoms. The fraction of sp³-hybridized carbons (Fsp3) is 0.250. The van der Waals surface area contributed by atoms with E-state index in [0.29, 0.717) is 54.1 Å². The molecule has 4 N–H and O–H groups in total. The third-order valence-electron chi connectivity index (χ3n) is 4.32. The maximum absolute atomic E-state index is 11.8. The molecule has 170 valence electrons. The smallest absolute Gasteiger partial charge is 0.229 e. The van der Waals surface area contributed by atoms with Gasteiger partial charge in [-0.25, -0.2) is 10.5 Å². The van der Waals surface area contributed by atoms with E-state index in [0.717, 1.165) is 5.57 Å². The third kappa shape index (κ3) is 8.75. The van der Waals surface area contributed by atoms with Gasteiger partial charge in [0.2, 0.25) is 11.9 Å². The molecule has 1 aromatic heterocycles. The zero-order valence-electron chi connectivity index (χ0n) is 18.8. The average Bonchev–Trinajstić information content (AvgIpc) is 2.80. The minimum absolute atomic E-state index is 0.0163. The lowest BCUT2D eigenvalue weighted by Gasteiger charge is -2.09. The minimum Gasteiger partial charge on any atom is -0.365 e. The highest BCUT2D eigenvalue weighted by molar-refractivity contribution is 5.76. The Balaban J connectivity index is 1.96. The van der Waals surface area contributed by atoms with E-state index in [1.807, 2.05) is 32.1 Å². The summed E-state index contributed by atoms with van der Waals surface area (Å²) in [6.07, 6.45) is 9.23. The fourth-order valence-corrected chi connectivity index (χ4v) is 2.70. The van der Waals surface area contributed by atoms with Gasteiger partial charge in [-0.2, -0.15) is 15.4 Å². The van der Waals surface area contributed by atoms with Crippen LogP contribution in [0.4, 0.5) is 23.1 Å². The standard InChI is InChI=1S/C24H28N8O/c1-4-18(15-28-22(33)12-17(2)3)8-5-6-11-27-23-21(32-26)16-29-24(31-23)30-20-10-7-9-19(13-20)14-25/h4-10,13,16-17,26H,1,11-12,15H2,2-3H3,(H,28,33)(H2,27,29,30,31)/b6-5-,18-8+,32-26?. The van der Waals surface area contributed by atoms with Crippen LogP contribution < -0.4 is 16.0 Å². The second-order valence-corrected chi connectivity index (χ2v) is 7.49. The zero-order valence-corrected chi connectivity index (χ0v) is 18.8. The maximum Gasteiger partial charge on any atom is 0.229 e. The largest absolute Gasteiger partial charge is 0.365 e. The SMILES string of the molecule is C=C/C(=C\C=C/CNc1nc(Nc2cccc(C#N)c2)ncc1N=N)CNC(=O)CC(C)C. The van der Waals surface area contributed by atoms with E-state index in [4.69, 9.17) is 10.8 Å². The van der Waals surface area contributed by atoms with Crippen LogP contribution in [0, 0.1) is 22.8 Å². The molecule has 0 aliphatic rings. The molecule has 0 radical (unpaired) electrons. The summed E-state index contributed by atoms with van der Waals surface area (Å²) in [4.78, 5) is 20.3. The van der Waals surface area contributed by atoms with Crippen molar-refractivity contribution in [2.45, 2.75) is 20.3 Å². The van der Waals surface area contributed by atoms with Gasteiger partial charge in [0.15, 0.2) is 5.82 Å². The van der Waals surface area contributed by atoms with E-state index in [1.165, 1.54) is 6.20 Å². The van der Waals surface area contributed by atoms with E-state index in [2.05, 4.69) is 43.7 Å². The number of hydrogen-bond donors (Lipinski definition) is 4. The van der Waals surface area contributed by atoms with Crippen molar-refractivity contribution < 1.29 is 4.79 Å². The molecule has 1 aromatic carbocycles. The Morgan fingerprint density at radius 1 is 1.39 bits per heavy atom. The molecule has 9 heteroatoms. The van der Waals surface area contributed by atoms with Crippen molar-refractivity contribution in [3.05, 3.63) is 72.5 Å². The zero-order chi connectivity index (χ0) is 24.1. The summed E-state index contributed by atoms with van der Waals surface area (Å²) in [5.74, 6) is 1.04. The van der Waals surface area contributed by atoms with Gasteiger partial charge < -0.3 is 16.0 Å². The number of amides is 1. The molecule has 1 amide bonds. The highest BCUT2D eigenvalue weighted by Crippen LogP contribution is 2.24. The molecule has 0 saturated carbocycles. The number of carbonyl (C=O) groups is 1. The summed E-state index contributed by atoms with van der Waals surface area (Å²) in [6, 6.07) is 9.05. The fourth-order valence-electron chi connectivity index (χ4n) is 2.70. The number of nitrogens with zero attached hydrogens (tertiary/aromatic N) is 4. The lowest BCUT2D eigenvalue weighted by atomic mass is 10.1. The molecule has 33 heavy (non-hydrogen) atoms. The molecule has 1 heterocycles. The van der Waals surface area contributed by atoms with E-state index < -0.39 is 0 Å². The van der Waals surface area contributed by atoms with Gasteiger partial charge in [-0.15, -0.1) is 0 Å². The Bertz CT molecular complexity index is 1080. The monoisotopic (exact) mass is 444 g/mol. The van der Waals surface area contributed by atoms with E-state index in [1.54, 1.807) is 30.3 Å². The number of aromatic nitrogens is 2. The van der Waals surface area contributed by atoms with Crippen molar-refractivity contribution in [3.8, 4) is 6.07 Å². The van der Waals surface area contributed by atoms with Gasteiger partial charge in [0.1, 0.15) is 5.69 Å². The quantitative estimate of drug-likeness (QED) is 0.268. The number of anilines is 3. The minimum atomic E-state index is 0.0163. The van der Waals surface area contributed by atoms with Crippen LogP contribution in [-0.4, -0.2) is 29.0 Å². The van der Waals surface area contributed by atoms with Crippen LogP contribution in [0.15, 0.2) is 72.0 Å². The van der Waals surface area contributed by atoms with Crippen LogP contribution in [0.1, 0.15) is 25.8 Å². The first-order valence-electron chi connectivity index (χ1n) is 10.5. The summed E-state index contributed by atoms with van der Waals surface area (Å²) < 4.78 is 0. The number of nitriles is 1. The van der Waals surface area contributed by atoms with E-state index >= 15 is 0 Å². The van der Waals surface area contributed by atoms with Crippen LogP contribution in [-0.2, 0) is 4.79 Å². The second kappa shape index (κ2) is 13.2. The Hall–Kier alpha value is -4.32. The topological polar surface area (TPSA) is 139 Å². The van der Waals surface area contributed by atoms with Gasteiger partial charge in [0.05, 0.1) is 17.8 Å². The molecular formula is C24H28N8O. The van der Waals surface area contributed by atoms with Gasteiger partial charge in [0, 0.05) is 25.2 Å². The molecule has 0 aliphatic heterocycles. The molecule has 2 rings (SSSR count). The molecule has 9 nitrogen and oxygen atoms in total. The first kappa shape index (κ1) is 24.9. The van der Waals surface area contributed by atoms with Crippen molar-refractivity contribution in [3.63, 3.8) is 0 Å². The molecule has 0 aliphatic carbocycles. The molecule has 0 spiro atoms. The van der Waals surface area contributed by atoms with Crippen LogP contribution in [0.2, 0.25) is 0 Å². The van der Waals surface area contributed by atoms with Crippen molar-refractivity contribution in [1.82, 2.24) is 15.3 Å². The van der Waals surface area contributed by atoms with Crippen LogP contribution in [0.25, 0.3) is 0 Å². The molecule has 0 fully saturated rings. The highest BCUT2D eigenvalue weighted by atomic mass is 16.1. The summed E-state index contributed by atoms with van der Waals surface area (Å²) in [5, 5.41) is 21.5. The van der Waals surface area contributed by atoms with Crippen molar-refractivity contribution in [2.75, 3.05) is 23.7 Å². The van der Waals surface area contributed by atoms with Gasteiger partial charge in [-0.1, -0.05) is 50.8 Å². The van der Waals surface area contributed by atoms with Crippen LogP contribution >= 0.6 is 0 Å². The normalized spacial score (nSPS) is 11.2. The number of allylic oxidation sites excluding steroid dienone is 2. The second-order valence-electron chi connectivity index (χ2n) is 7.49. The molecule has 0 unspecified atom stereocenters. The number of carbonyl (C=O) groups excluding carboxylic acids is 1. The molecule has 0 saturated heterocycles. The lowest BCUT2D eigenvalue weighted by molar-refractivity contribution is -0.121. The van der Waals surface area contributed by atoms with Gasteiger partial charge in [-0.05, 0) is 29.7 Å². The predicted octanol–water partition coefficient (Wildman–Crippen LogP) is 5.00. The summed E-state index contributed by atoms with van der Waals surface area (Å²) in [6.45, 7) is 8.64. The number of benzene rings is 1. The van der Waals surface area contributed by atoms with Crippen molar-refractivity contribution >= 4 is 29.0 Å². The Labute approximate surface area is 193 Å². The predicted molar refractivity (Wildman–Crippen MR) is 130 cm³/mol. The molecular weight excluding hydrogens is 416 g/mol. The molecule has 0 atom stereocenters. The highest BCUT2D eigenvalue weighted by Gasteiger charge is 2.07. The lowest BCUT2D eigenvalue weighted by Crippen LogP contribution is -2.26. The van der Waals surface area contributed by atoms with Crippen molar-refractivity contribution in [1.29, 1.82) is 10.8 Å². The Morgan fingerprint density at radius 3 is 2.91 bits per heavy atom. The summed E-state index contributed by atoms with van der Waals surface area (Å²) in [5.41, 5.74) is 9.71. The first-order chi connectivity index (χ1) is 15.9. The Morgan fingerprint density at radius 2 is 2.21 bits per heavy atom. The van der Waals surface area contributed by atoms with Gasteiger partial charge in [-0.3, -0.25) is 4.79 Å². The number of hydrogen-bond acceptors (Lipinski definition) is 8. The average molecular weight is 445 g/mol. The van der Waals surface area contributed by atoms with Crippen LogP contribution in [0.3, 0.4) is 0 Å². The number of nitrogens with one attached hydrogen (secondary N) is 4. The van der Waals surface area contributed by atoms with Gasteiger partial charge >= 0.3 is 0 Å². The molecule has 2 aromatic rings. The summed E-state index contributed by atoms with van der Waals surface area (Å²) in [7, 11) is 0. The van der Waals surface area contributed by atoms with E-state index in [9.17, 15) is 4.79 Å². The first-order valence-corrected chi connectivity index (χ1v) is 10.5. The van der Waals surface area contributed by atoms with E-state index in [-0.39, 0.29) is 5.91 Å². The van der Waals surface area contributed by atoms with Gasteiger partial charge in [0.25, 0.3) is 0 Å². The van der Waals surface area contributed by atoms with Crippen LogP contribution in [0.5, 0.6) is 0 Å². The maximum atomic E-state index is 11.8. The Kier molecular flexibility index (Phi) is 9.95. The summed E-state index contributed by atoms with van der Waals surface area (Å²) >= 11 is 0.